The number of ether oxygens (including phenoxy) is 2. The number of benzene rings is 1. The molecule has 0 aromatic heterocycles. The van der Waals surface area contributed by atoms with Gasteiger partial charge in [-0.1, -0.05) is 11.6 Å². The van der Waals surface area contributed by atoms with E-state index in [9.17, 15) is 4.79 Å². The van der Waals surface area contributed by atoms with Crippen molar-refractivity contribution in [3.63, 3.8) is 0 Å². The molecule has 1 saturated heterocycles. The SMILES string of the molecule is COc1ccc(C)cc1C(=O)CC1COCCN1. The molecule has 2 rings (SSSR count). The number of hydrogen-bond acceptors (Lipinski definition) is 4. The lowest BCUT2D eigenvalue weighted by Crippen LogP contribution is -2.42. The van der Waals surface area contributed by atoms with E-state index in [1.165, 1.54) is 0 Å². The summed E-state index contributed by atoms with van der Waals surface area (Å²) in [6.45, 7) is 4.10. The highest BCUT2D eigenvalue weighted by Gasteiger charge is 2.20. The number of rotatable bonds is 4. The Balaban J connectivity index is 2.09. The number of morpholine rings is 1. The first-order valence-corrected chi connectivity index (χ1v) is 6.19. The average Bonchev–Trinajstić information content (AvgIpc) is 2.40. The van der Waals surface area contributed by atoms with E-state index in [0.717, 1.165) is 18.7 Å². The summed E-state index contributed by atoms with van der Waals surface area (Å²) in [5.74, 6) is 0.737. The Morgan fingerprint density at radius 3 is 3.06 bits per heavy atom. The predicted octanol–water partition coefficient (Wildman–Crippen LogP) is 1.56. The molecular formula is C14H19NO3. The van der Waals surface area contributed by atoms with E-state index in [0.29, 0.717) is 24.3 Å². The van der Waals surface area contributed by atoms with Crippen molar-refractivity contribution in [2.75, 3.05) is 26.9 Å². The second kappa shape index (κ2) is 5.98. The van der Waals surface area contributed by atoms with E-state index in [-0.39, 0.29) is 11.8 Å². The maximum Gasteiger partial charge on any atom is 0.168 e. The lowest BCUT2D eigenvalue weighted by molar-refractivity contribution is 0.0675. The Hall–Kier alpha value is -1.39. The van der Waals surface area contributed by atoms with Crippen molar-refractivity contribution in [2.24, 2.45) is 0 Å². The van der Waals surface area contributed by atoms with Crippen molar-refractivity contribution in [1.82, 2.24) is 5.32 Å². The summed E-state index contributed by atoms with van der Waals surface area (Å²) in [4.78, 5) is 12.3. The van der Waals surface area contributed by atoms with Gasteiger partial charge in [0.2, 0.25) is 0 Å². The van der Waals surface area contributed by atoms with Crippen LogP contribution < -0.4 is 10.1 Å². The summed E-state index contributed by atoms with van der Waals surface area (Å²) >= 11 is 0. The van der Waals surface area contributed by atoms with Gasteiger partial charge in [-0.15, -0.1) is 0 Å². The highest BCUT2D eigenvalue weighted by molar-refractivity contribution is 5.99. The molecule has 98 valence electrons. The van der Waals surface area contributed by atoms with Gasteiger partial charge in [0.25, 0.3) is 0 Å². The standard InChI is InChI=1S/C14H19NO3/c1-10-3-4-14(17-2)12(7-10)13(16)8-11-9-18-6-5-15-11/h3-4,7,11,15H,5-6,8-9H2,1-2H3. The van der Waals surface area contributed by atoms with Gasteiger partial charge in [-0.05, 0) is 19.1 Å². The van der Waals surface area contributed by atoms with Crippen molar-refractivity contribution in [3.8, 4) is 5.75 Å². The fraction of sp³-hybridized carbons (Fsp3) is 0.500. The third kappa shape index (κ3) is 3.09. The Morgan fingerprint density at radius 1 is 1.56 bits per heavy atom. The predicted molar refractivity (Wildman–Crippen MR) is 69.3 cm³/mol. The molecule has 18 heavy (non-hydrogen) atoms. The number of carbonyl (C=O) groups is 1. The number of nitrogens with one attached hydrogen (secondary N) is 1. The zero-order valence-corrected chi connectivity index (χ0v) is 10.9. The summed E-state index contributed by atoms with van der Waals surface area (Å²) in [6, 6.07) is 5.77. The number of aryl methyl sites for hydroxylation is 1. The molecule has 4 heteroatoms. The maximum atomic E-state index is 12.3. The first kappa shape index (κ1) is 13.1. The molecule has 1 N–H and O–H groups in total. The van der Waals surface area contributed by atoms with E-state index in [4.69, 9.17) is 9.47 Å². The number of Topliss-reactive ketones (excluding diaryl/α,β-unsaturated/α-hetero) is 1. The van der Waals surface area contributed by atoms with Crippen LogP contribution in [0.1, 0.15) is 22.3 Å². The van der Waals surface area contributed by atoms with Crippen LogP contribution in [0.2, 0.25) is 0 Å². The lowest BCUT2D eigenvalue weighted by atomic mass is 10.0. The minimum absolute atomic E-state index is 0.0959. The van der Waals surface area contributed by atoms with Gasteiger partial charge < -0.3 is 14.8 Å². The minimum atomic E-state index is 0.0959. The largest absolute Gasteiger partial charge is 0.496 e. The van der Waals surface area contributed by atoms with Crippen molar-refractivity contribution < 1.29 is 14.3 Å². The van der Waals surface area contributed by atoms with Gasteiger partial charge >= 0.3 is 0 Å². The molecule has 0 saturated carbocycles. The summed E-state index contributed by atoms with van der Waals surface area (Å²) in [6.07, 6.45) is 0.444. The molecule has 0 bridgehead atoms. The van der Waals surface area contributed by atoms with Crippen LogP contribution in [-0.2, 0) is 4.74 Å². The Morgan fingerprint density at radius 2 is 2.39 bits per heavy atom. The van der Waals surface area contributed by atoms with Crippen LogP contribution >= 0.6 is 0 Å². The average molecular weight is 249 g/mol. The van der Waals surface area contributed by atoms with E-state index in [1.807, 2.05) is 25.1 Å². The molecule has 1 aromatic rings. The van der Waals surface area contributed by atoms with Gasteiger partial charge in [0, 0.05) is 19.0 Å². The lowest BCUT2D eigenvalue weighted by Gasteiger charge is -2.23. The molecule has 0 aliphatic carbocycles. The normalized spacial score (nSPS) is 19.6. The molecule has 1 fully saturated rings. The number of methoxy groups -OCH3 is 1. The zero-order chi connectivity index (χ0) is 13.0. The number of hydrogen-bond donors (Lipinski definition) is 1. The quantitative estimate of drug-likeness (QED) is 0.823. The third-order valence-corrected chi connectivity index (χ3v) is 3.09. The molecule has 1 atom stereocenters. The van der Waals surface area contributed by atoms with Crippen LogP contribution in [0.4, 0.5) is 0 Å². The van der Waals surface area contributed by atoms with Gasteiger partial charge in [-0.2, -0.15) is 0 Å². The van der Waals surface area contributed by atoms with Gasteiger partial charge in [0.05, 0.1) is 25.9 Å². The fourth-order valence-electron chi connectivity index (χ4n) is 2.12. The van der Waals surface area contributed by atoms with Crippen LogP contribution in [0.15, 0.2) is 18.2 Å². The van der Waals surface area contributed by atoms with Gasteiger partial charge in [-0.3, -0.25) is 4.79 Å². The Bertz CT molecular complexity index is 425. The first-order valence-electron chi connectivity index (χ1n) is 6.19. The van der Waals surface area contributed by atoms with E-state index < -0.39 is 0 Å². The van der Waals surface area contributed by atoms with Crippen molar-refractivity contribution in [3.05, 3.63) is 29.3 Å². The van der Waals surface area contributed by atoms with E-state index >= 15 is 0 Å². The first-order chi connectivity index (χ1) is 8.70. The van der Waals surface area contributed by atoms with Gasteiger partial charge in [0.1, 0.15) is 5.75 Å². The molecule has 4 nitrogen and oxygen atoms in total. The Labute approximate surface area is 107 Å². The molecule has 1 heterocycles. The Kier molecular flexibility index (Phi) is 4.33. The second-order valence-corrected chi connectivity index (χ2v) is 4.56. The molecule has 0 spiro atoms. The monoisotopic (exact) mass is 249 g/mol. The zero-order valence-electron chi connectivity index (χ0n) is 10.9. The maximum absolute atomic E-state index is 12.3. The van der Waals surface area contributed by atoms with Crippen LogP contribution in [0.5, 0.6) is 5.75 Å². The summed E-state index contributed by atoms with van der Waals surface area (Å²) in [5.41, 5.74) is 1.72. The van der Waals surface area contributed by atoms with E-state index in [1.54, 1.807) is 7.11 Å². The van der Waals surface area contributed by atoms with Crippen LogP contribution in [0.25, 0.3) is 0 Å². The van der Waals surface area contributed by atoms with Gasteiger partial charge in [-0.25, -0.2) is 0 Å². The van der Waals surface area contributed by atoms with Crippen LogP contribution in [0, 0.1) is 6.92 Å². The topological polar surface area (TPSA) is 47.6 Å². The van der Waals surface area contributed by atoms with Crippen molar-refractivity contribution >= 4 is 5.78 Å². The minimum Gasteiger partial charge on any atom is -0.496 e. The number of carbonyl (C=O) groups excluding carboxylic acids is 1. The highest BCUT2D eigenvalue weighted by Crippen LogP contribution is 2.22. The summed E-state index contributed by atoms with van der Waals surface area (Å²) in [5, 5.41) is 3.29. The third-order valence-electron chi connectivity index (χ3n) is 3.09. The molecule has 1 unspecified atom stereocenters. The molecular weight excluding hydrogens is 230 g/mol. The van der Waals surface area contributed by atoms with E-state index in [2.05, 4.69) is 5.32 Å². The van der Waals surface area contributed by atoms with Crippen LogP contribution in [-0.4, -0.2) is 38.7 Å². The van der Waals surface area contributed by atoms with Crippen molar-refractivity contribution in [2.45, 2.75) is 19.4 Å². The number of ketones is 1. The summed E-state index contributed by atoms with van der Waals surface area (Å²) in [7, 11) is 1.59. The smallest absolute Gasteiger partial charge is 0.168 e. The molecule has 0 amide bonds. The molecule has 1 aliphatic rings. The second-order valence-electron chi connectivity index (χ2n) is 4.56. The van der Waals surface area contributed by atoms with Crippen molar-refractivity contribution in [1.29, 1.82) is 0 Å². The molecule has 0 radical (unpaired) electrons. The molecule has 1 aromatic carbocycles. The highest BCUT2D eigenvalue weighted by atomic mass is 16.5. The fourth-order valence-corrected chi connectivity index (χ4v) is 2.12. The summed E-state index contributed by atoms with van der Waals surface area (Å²) < 4.78 is 10.6. The molecule has 1 aliphatic heterocycles. The van der Waals surface area contributed by atoms with Gasteiger partial charge in [0.15, 0.2) is 5.78 Å². The van der Waals surface area contributed by atoms with Crippen LogP contribution in [0.3, 0.4) is 0 Å².